The van der Waals surface area contributed by atoms with E-state index in [9.17, 15) is 22.0 Å². The minimum absolute atomic E-state index is 0.175. The summed E-state index contributed by atoms with van der Waals surface area (Å²) in [4.78, 5) is 11.3. The SMILES string of the molecule is CCCC(=O)Nc1cccc(NS(=O)(=O)c2ccc(F)c(F)c2)c1C. The summed E-state index contributed by atoms with van der Waals surface area (Å²) in [5, 5.41) is 2.71. The fourth-order valence-corrected chi connectivity index (χ4v) is 3.30. The summed E-state index contributed by atoms with van der Waals surface area (Å²) in [6.07, 6.45) is 1.04. The van der Waals surface area contributed by atoms with Gasteiger partial charge in [0.2, 0.25) is 5.91 Å². The zero-order valence-corrected chi connectivity index (χ0v) is 14.6. The predicted molar refractivity (Wildman–Crippen MR) is 91.9 cm³/mol. The third-order valence-electron chi connectivity index (χ3n) is 3.53. The number of anilines is 2. The van der Waals surface area contributed by atoms with Gasteiger partial charge < -0.3 is 5.32 Å². The van der Waals surface area contributed by atoms with Gasteiger partial charge in [-0.25, -0.2) is 17.2 Å². The maximum Gasteiger partial charge on any atom is 0.262 e. The van der Waals surface area contributed by atoms with Gasteiger partial charge in [-0.1, -0.05) is 13.0 Å². The van der Waals surface area contributed by atoms with E-state index >= 15 is 0 Å². The van der Waals surface area contributed by atoms with Crippen molar-refractivity contribution >= 4 is 27.3 Å². The fourth-order valence-electron chi connectivity index (χ4n) is 2.17. The quantitative estimate of drug-likeness (QED) is 0.814. The molecule has 2 aromatic rings. The summed E-state index contributed by atoms with van der Waals surface area (Å²) >= 11 is 0. The number of hydrogen-bond acceptors (Lipinski definition) is 3. The first-order valence-electron chi connectivity index (χ1n) is 7.62. The molecule has 8 heteroatoms. The second-order valence-electron chi connectivity index (χ2n) is 5.46. The summed E-state index contributed by atoms with van der Waals surface area (Å²) in [6, 6.07) is 7.08. The Balaban J connectivity index is 2.30. The minimum Gasteiger partial charge on any atom is -0.326 e. The van der Waals surface area contributed by atoms with E-state index < -0.39 is 26.6 Å². The van der Waals surface area contributed by atoms with Gasteiger partial charge in [0.25, 0.3) is 10.0 Å². The van der Waals surface area contributed by atoms with Crippen LogP contribution in [0.25, 0.3) is 0 Å². The third kappa shape index (κ3) is 4.54. The van der Waals surface area contributed by atoms with Gasteiger partial charge in [0.15, 0.2) is 11.6 Å². The predicted octanol–water partition coefficient (Wildman–Crippen LogP) is 3.81. The molecule has 134 valence electrons. The molecule has 1 amide bonds. The molecular weight excluding hydrogens is 350 g/mol. The van der Waals surface area contributed by atoms with E-state index in [2.05, 4.69) is 10.0 Å². The van der Waals surface area contributed by atoms with Crippen molar-refractivity contribution in [2.24, 2.45) is 0 Å². The number of carbonyl (C=O) groups is 1. The van der Waals surface area contributed by atoms with E-state index in [0.717, 1.165) is 12.1 Å². The Bertz CT molecular complexity index is 899. The highest BCUT2D eigenvalue weighted by molar-refractivity contribution is 7.92. The number of amides is 1. The molecule has 0 unspecified atom stereocenters. The number of rotatable bonds is 6. The number of halogens is 2. The summed E-state index contributed by atoms with van der Waals surface area (Å²) in [5.74, 6) is -2.55. The van der Waals surface area contributed by atoms with E-state index in [1.54, 1.807) is 19.1 Å². The van der Waals surface area contributed by atoms with Crippen molar-refractivity contribution in [1.29, 1.82) is 0 Å². The average Bonchev–Trinajstić information content (AvgIpc) is 2.54. The largest absolute Gasteiger partial charge is 0.326 e. The van der Waals surface area contributed by atoms with Gasteiger partial charge in [0.05, 0.1) is 10.6 Å². The summed E-state index contributed by atoms with van der Waals surface area (Å²) in [7, 11) is -4.10. The van der Waals surface area contributed by atoms with Crippen molar-refractivity contribution in [3.05, 3.63) is 53.6 Å². The van der Waals surface area contributed by atoms with Gasteiger partial charge in [-0.3, -0.25) is 9.52 Å². The molecule has 0 radical (unpaired) electrons. The molecule has 0 aliphatic heterocycles. The van der Waals surface area contributed by atoms with E-state index in [0.29, 0.717) is 30.2 Å². The van der Waals surface area contributed by atoms with Gasteiger partial charge >= 0.3 is 0 Å². The van der Waals surface area contributed by atoms with Gasteiger partial charge in [-0.2, -0.15) is 0 Å². The zero-order valence-electron chi connectivity index (χ0n) is 13.8. The Morgan fingerprint density at radius 2 is 1.76 bits per heavy atom. The van der Waals surface area contributed by atoms with Crippen molar-refractivity contribution in [2.45, 2.75) is 31.6 Å². The van der Waals surface area contributed by atoms with E-state index in [1.165, 1.54) is 6.07 Å². The number of nitrogens with one attached hydrogen (secondary N) is 2. The molecule has 5 nitrogen and oxygen atoms in total. The number of carbonyl (C=O) groups excluding carboxylic acids is 1. The van der Waals surface area contributed by atoms with Crippen molar-refractivity contribution in [1.82, 2.24) is 0 Å². The summed E-state index contributed by atoms with van der Waals surface area (Å²) < 4.78 is 53.3. The lowest BCUT2D eigenvalue weighted by Crippen LogP contribution is -2.16. The standard InChI is InChI=1S/C17H18F2N2O3S/c1-3-5-17(22)20-15-6-4-7-16(11(15)2)21-25(23,24)12-8-9-13(18)14(19)10-12/h4,6-10,21H,3,5H2,1-2H3,(H,20,22). The Hall–Kier alpha value is -2.48. The Morgan fingerprint density at radius 1 is 1.08 bits per heavy atom. The molecule has 2 rings (SSSR count). The molecule has 0 bridgehead atoms. The second-order valence-corrected chi connectivity index (χ2v) is 7.14. The Morgan fingerprint density at radius 3 is 2.40 bits per heavy atom. The van der Waals surface area contributed by atoms with Gasteiger partial charge in [0, 0.05) is 12.1 Å². The molecule has 0 atom stereocenters. The molecule has 0 saturated heterocycles. The minimum atomic E-state index is -4.10. The molecule has 25 heavy (non-hydrogen) atoms. The first-order valence-corrected chi connectivity index (χ1v) is 9.10. The van der Waals surface area contributed by atoms with Crippen LogP contribution in [0.15, 0.2) is 41.3 Å². The van der Waals surface area contributed by atoms with Crippen LogP contribution in [0.2, 0.25) is 0 Å². The molecule has 0 aliphatic carbocycles. The molecule has 0 aliphatic rings. The van der Waals surface area contributed by atoms with Gasteiger partial charge in [-0.05, 0) is 49.2 Å². The van der Waals surface area contributed by atoms with Crippen LogP contribution in [0.3, 0.4) is 0 Å². The third-order valence-corrected chi connectivity index (χ3v) is 4.89. The molecule has 0 fully saturated rings. The van der Waals surface area contributed by atoms with E-state index in [4.69, 9.17) is 0 Å². The Labute approximate surface area is 145 Å². The molecule has 0 aromatic heterocycles. The van der Waals surface area contributed by atoms with Crippen LogP contribution in [0, 0.1) is 18.6 Å². The smallest absolute Gasteiger partial charge is 0.262 e. The van der Waals surface area contributed by atoms with E-state index in [1.807, 2.05) is 6.92 Å². The summed E-state index contributed by atoms with van der Waals surface area (Å²) in [6.45, 7) is 3.52. The Kier molecular flexibility index (Phi) is 5.73. The van der Waals surface area contributed by atoms with Crippen LogP contribution in [-0.4, -0.2) is 14.3 Å². The van der Waals surface area contributed by atoms with Crippen molar-refractivity contribution in [3.8, 4) is 0 Å². The lowest BCUT2D eigenvalue weighted by molar-refractivity contribution is -0.116. The van der Waals surface area contributed by atoms with Crippen molar-refractivity contribution in [2.75, 3.05) is 10.0 Å². The maximum atomic E-state index is 13.3. The molecule has 0 heterocycles. The van der Waals surface area contributed by atoms with Crippen molar-refractivity contribution < 1.29 is 22.0 Å². The van der Waals surface area contributed by atoms with Gasteiger partial charge in [0.1, 0.15) is 0 Å². The summed E-state index contributed by atoms with van der Waals surface area (Å²) in [5.41, 5.74) is 1.22. The monoisotopic (exact) mass is 368 g/mol. The molecule has 0 saturated carbocycles. The number of hydrogen-bond donors (Lipinski definition) is 2. The van der Waals surface area contributed by atoms with E-state index in [-0.39, 0.29) is 11.6 Å². The molecule has 0 spiro atoms. The highest BCUT2D eigenvalue weighted by Gasteiger charge is 2.18. The number of benzene rings is 2. The zero-order chi connectivity index (χ0) is 18.6. The lowest BCUT2D eigenvalue weighted by atomic mass is 10.1. The van der Waals surface area contributed by atoms with Crippen LogP contribution in [0.5, 0.6) is 0 Å². The molecule has 2 N–H and O–H groups in total. The lowest BCUT2D eigenvalue weighted by Gasteiger charge is -2.14. The van der Waals surface area contributed by atoms with Gasteiger partial charge in [-0.15, -0.1) is 0 Å². The van der Waals surface area contributed by atoms with Crippen LogP contribution < -0.4 is 10.0 Å². The molecule has 2 aromatic carbocycles. The second kappa shape index (κ2) is 7.60. The first kappa shape index (κ1) is 18.9. The van der Waals surface area contributed by atoms with Crippen LogP contribution in [0.1, 0.15) is 25.3 Å². The molecular formula is C17H18F2N2O3S. The average molecular weight is 368 g/mol. The topological polar surface area (TPSA) is 75.3 Å². The number of sulfonamides is 1. The highest BCUT2D eigenvalue weighted by atomic mass is 32.2. The van der Waals surface area contributed by atoms with Crippen LogP contribution in [-0.2, 0) is 14.8 Å². The van der Waals surface area contributed by atoms with Crippen molar-refractivity contribution in [3.63, 3.8) is 0 Å². The van der Waals surface area contributed by atoms with Crippen LogP contribution in [0.4, 0.5) is 20.2 Å². The normalized spacial score (nSPS) is 11.2. The first-order chi connectivity index (χ1) is 11.7. The van der Waals surface area contributed by atoms with Crippen LogP contribution >= 0.6 is 0 Å². The fraction of sp³-hybridized carbons (Fsp3) is 0.235. The maximum absolute atomic E-state index is 13.3. The highest BCUT2D eigenvalue weighted by Crippen LogP contribution is 2.26.